The zero-order valence-electron chi connectivity index (χ0n) is 17.8. The highest BCUT2D eigenvalue weighted by molar-refractivity contribution is 7.86. The van der Waals surface area contributed by atoms with E-state index in [0.717, 1.165) is 6.26 Å². The second-order valence-corrected chi connectivity index (χ2v) is 9.13. The highest BCUT2D eigenvalue weighted by Gasteiger charge is 2.27. The lowest BCUT2D eigenvalue weighted by molar-refractivity contribution is 0.148. The lowest BCUT2D eigenvalue weighted by Gasteiger charge is -2.14. The smallest absolute Gasteiger partial charge is 0.332 e. The molecule has 0 saturated heterocycles. The van der Waals surface area contributed by atoms with Gasteiger partial charge in [-0.3, -0.25) is 18.1 Å². The number of anilines is 1. The summed E-state index contributed by atoms with van der Waals surface area (Å²) in [4.78, 5) is 32.3. The molecule has 3 heterocycles. The Morgan fingerprint density at radius 3 is 2.60 bits per heavy atom. The standard InChI is InChI=1S/C18H29N5O6S/c1-5-28-12-21-10-11-22-14-15(19-17(21)22)20(3)18(25)23(16(14)24)9-7-6-8-13(2)29-30(4,26)27/h13H,5-12H2,1-4H3/t13-/m0/s1. The number of hydrogen-bond acceptors (Lipinski definition) is 8. The van der Waals surface area contributed by atoms with E-state index < -0.39 is 21.9 Å². The monoisotopic (exact) mass is 443 g/mol. The van der Waals surface area contributed by atoms with Crippen molar-refractivity contribution in [3.63, 3.8) is 0 Å². The van der Waals surface area contributed by atoms with Crippen LogP contribution in [0.15, 0.2) is 9.59 Å². The molecule has 11 nitrogen and oxygen atoms in total. The van der Waals surface area contributed by atoms with E-state index in [0.29, 0.717) is 62.8 Å². The first kappa shape index (κ1) is 22.5. The zero-order chi connectivity index (χ0) is 22.1. The van der Waals surface area contributed by atoms with Crippen molar-refractivity contribution in [3.05, 3.63) is 20.8 Å². The number of unbranched alkanes of at least 4 members (excludes halogenated alkanes) is 1. The van der Waals surface area contributed by atoms with Crippen LogP contribution in [0.2, 0.25) is 0 Å². The van der Waals surface area contributed by atoms with Gasteiger partial charge in [-0.25, -0.2) is 4.79 Å². The van der Waals surface area contributed by atoms with Crippen LogP contribution in [-0.2, 0) is 39.2 Å². The second-order valence-electron chi connectivity index (χ2n) is 7.53. The van der Waals surface area contributed by atoms with Crippen LogP contribution in [0.3, 0.4) is 0 Å². The fourth-order valence-electron chi connectivity index (χ4n) is 3.70. The highest BCUT2D eigenvalue weighted by atomic mass is 32.2. The Morgan fingerprint density at radius 1 is 1.20 bits per heavy atom. The van der Waals surface area contributed by atoms with Gasteiger partial charge >= 0.3 is 5.69 Å². The Bertz CT molecular complexity index is 1130. The fourth-order valence-corrected chi connectivity index (χ4v) is 4.40. The van der Waals surface area contributed by atoms with E-state index in [-0.39, 0.29) is 12.1 Å². The molecule has 1 atom stereocenters. The van der Waals surface area contributed by atoms with E-state index in [1.54, 1.807) is 14.0 Å². The lowest BCUT2D eigenvalue weighted by Crippen LogP contribution is -2.39. The van der Waals surface area contributed by atoms with Crippen LogP contribution in [0.25, 0.3) is 11.2 Å². The van der Waals surface area contributed by atoms with E-state index in [9.17, 15) is 18.0 Å². The molecule has 12 heteroatoms. The molecule has 0 fully saturated rings. The summed E-state index contributed by atoms with van der Waals surface area (Å²) in [6.45, 7) is 6.10. The summed E-state index contributed by atoms with van der Waals surface area (Å²) >= 11 is 0. The normalized spacial score (nSPS) is 15.1. The van der Waals surface area contributed by atoms with Gasteiger partial charge in [0.05, 0.1) is 12.4 Å². The van der Waals surface area contributed by atoms with Crippen molar-refractivity contribution < 1.29 is 17.3 Å². The molecule has 0 aliphatic carbocycles. The third kappa shape index (κ3) is 4.60. The molecular weight excluding hydrogens is 414 g/mol. The molecule has 0 amide bonds. The average Bonchev–Trinajstić information content (AvgIpc) is 3.22. The molecule has 0 saturated carbocycles. The highest BCUT2D eigenvalue weighted by Crippen LogP contribution is 2.24. The molecule has 0 unspecified atom stereocenters. The van der Waals surface area contributed by atoms with Crippen LogP contribution >= 0.6 is 0 Å². The molecule has 3 rings (SSSR count). The molecule has 0 aromatic carbocycles. The van der Waals surface area contributed by atoms with Gasteiger partial charge in [0, 0.05) is 33.3 Å². The number of rotatable bonds is 10. The molecule has 0 N–H and O–H groups in total. The van der Waals surface area contributed by atoms with E-state index in [1.807, 2.05) is 16.4 Å². The summed E-state index contributed by atoms with van der Waals surface area (Å²) in [6, 6.07) is 0. The molecule has 30 heavy (non-hydrogen) atoms. The van der Waals surface area contributed by atoms with Crippen LogP contribution in [0.5, 0.6) is 0 Å². The third-order valence-corrected chi connectivity index (χ3v) is 5.80. The van der Waals surface area contributed by atoms with Gasteiger partial charge in [-0.15, -0.1) is 0 Å². The minimum absolute atomic E-state index is 0.246. The molecule has 168 valence electrons. The lowest BCUT2D eigenvalue weighted by atomic mass is 10.2. The van der Waals surface area contributed by atoms with Gasteiger partial charge in [-0.1, -0.05) is 0 Å². The van der Waals surface area contributed by atoms with Crippen molar-refractivity contribution in [1.29, 1.82) is 0 Å². The van der Waals surface area contributed by atoms with E-state index in [1.165, 1.54) is 9.13 Å². The van der Waals surface area contributed by atoms with Crippen molar-refractivity contribution in [3.8, 4) is 0 Å². The average molecular weight is 444 g/mol. The van der Waals surface area contributed by atoms with Crippen molar-refractivity contribution in [2.24, 2.45) is 7.05 Å². The van der Waals surface area contributed by atoms with E-state index in [2.05, 4.69) is 4.98 Å². The Kier molecular flexibility index (Phi) is 6.68. The van der Waals surface area contributed by atoms with Gasteiger partial charge in [0.1, 0.15) is 6.73 Å². The van der Waals surface area contributed by atoms with Crippen LogP contribution < -0.4 is 16.1 Å². The molecule has 0 spiro atoms. The summed E-state index contributed by atoms with van der Waals surface area (Å²) in [5.41, 5.74) is 0.0131. The Labute approximate surface area is 174 Å². The zero-order valence-corrected chi connectivity index (χ0v) is 18.6. The molecule has 0 radical (unpaired) electrons. The first-order valence-electron chi connectivity index (χ1n) is 10.0. The maximum absolute atomic E-state index is 13.1. The minimum Gasteiger partial charge on any atom is -0.361 e. The Hall–Kier alpha value is -2.18. The predicted molar refractivity (Wildman–Crippen MR) is 112 cm³/mol. The minimum atomic E-state index is -3.50. The number of fused-ring (bicyclic) bond motifs is 3. The fraction of sp³-hybridized carbons (Fsp3) is 0.722. The van der Waals surface area contributed by atoms with Crippen molar-refractivity contribution in [2.75, 3.05) is 31.0 Å². The number of imidazole rings is 1. The van der Waals surface area contributed by atoms with Gasteiger partial charge in [-0.05, 0) is 33.1 Å². The Morgan fingerprint density at radius 2 is 1.93 bits per heavy atom. The summed E-state index contributed by atoms with van der Waals surface area (Å²) in [5.74, 6) is 0.634. The van der Waals surface area contributed by atoms with Crippen LogP contribution in [0, 0.1) is 0 Å². The first-order valence-corrected chi connectivity index (χ1v) is 11.9. The van der Waals surface area contributed by atoms with Gasteiger partial charge in [-0.2, -0.15) is 13.4 Å². The van der Waals surface area contributed by atoms with Gasteiger partial charge in [0.25, 0.3) is 15.7 Å². The largest absolute Gasteiger partial charge is 0.361 e. The number of hydrogen-bond donors (Lipinski definition) is 0. The van der Waals surface area contributed by atoms with Gasteiger partial charge < -0.3 is 14.2 Å². The summed E-state index contributed by atoms with van der Waals surface area (Å²) in [7, 11) is -1.89. The summed E-state index contributed by atoms with van der Waals surface area (Å²) in [5, 5.41) is 0. The maximum atomic E-state index is 13.1. The summed E-state index contributed by atoms with van der Waals surface area (Å²) in [6.07, 6.45) is 2.25. The molecule has 2 aromatic rings. The SMILES string of the molecule is CCOCN1CCn2c1nc1c2c(=O)n(CCCC[C@H](C)OS(C)(=O)=O)c(=O)n1C. The third-order valence-electron chi connectivity index (χ3n) is 5.12. The van der Waals surface area contributed by atoms with Crippen molar-refractivity contribution >= 4 is 27.2 Å². The molecule has 2 aromatic heterocycles. The second kappa shape index (κ2) is 8.90. The molecule has 1 aliphatic rings. The number of aromatic nitrogens is 4. The van der Waals surface area contributed by atoms with Crippen molar-refractivity contribution in [1.82, 2.24) is 18.7 Å². The van der Waals surface area contributed by atoms with Crippen LogP contribution in [0.4, 0.5) is 5.95 Å². The quantitative estimate of drug-likeness (QED) is 0.379. The van der Waals surface area contributed by atoms with Crippen LogP contribution in [-0.4, -0.2) is 59.3 Å². The van der Waals surface area contributed by atoms with Crippen molar-refractivity contribution in [2.45, 2.75) is 52.3 Å². The van der Waals surface area contributed by atoms with Gasteiger partial charge in [0.15, 0.2) is 11.2 Å². The summed E-state index contributed by atoms with van der Waals surface area (Å²) < 4.78 is 37.2. The van der Waals surface area contributed by atoms with E-state index in [4.69, 9.17) is 8.92 Å². The number of aryl methyl sites for hydroxylation is 1. The first-order chi connectivity index (χ1) is 14.1. The van der Waals surface area contributed by atoms with Gasteiger partial charge in [0.2, 0.25) is 5.95 Å². The maximum Gasteiger partial charge on any atom is 0.332 e. The molecule has 0 bridgehead atoms. The predicted octanol–water partition coefficient (Wildman–Crippen LogP) is 0.246. The number of nitrogens with zero attached hydrogens (tertiary/aromatic N) is 5. The Balaban J connectivity index is 1.80. The van der Waals surface area contributed by atoms with E-state index >= 15 is 0 Å². The topological polar surface area (TPSA) is 118 Å². The number of ether oxygens (including phenoxy) is 1. The molecule has 1 aliphatic heterocycles. The van der Waals surface area contributed by atoms with Crippen LogP contribution in [0.1, 0.15) is 33.1 Å². The molecular formula is C18H29N5O6S.